The van der Waals surface area contributed by atoms with Gasteiger partial charge in [-0.2, -0.15) is 0 Å². The van der Waals surface area contributed by atoms with Crippen molar-refractivity contribution >= 4 is 0 Å². The predicted octanol–water partition coefficient (Wildman–Crippen LogP) is 2.66. The molecule has 16 heavy (non-hydrogen) atoms. The van der Waals surface area contributed by atoms with Crippen LogP contribution >= 0.6 is 0 Å². The van der Waals surface area contributed by atoms with Crippen LogP contribution in [0.15, 0.2) is 0 Å². The van der Waals surface area contributed by atoms with Crippen LogP contribution in [0.2, 0.25) is 0 Å². The van der Waals surface area contributed by atoms with Crippen molar-refractivity contribution in [2.45, 2.75) is 58.0 Å². The molecule has 2 rings (SSSR count). The van der Waals surface area contributed by atoms with E-state index in [-0.39, 0.29) is 5.60 Å². The molecule has 1 saturated carbocycles. The van der Waals surface area contributed by atoms with Gasteiger partial charge in [0.1, 0.15) is 0 Å². The third kappa shape index (κ3) is 3.21. The van der Waals surface area contributed by atoms with E-state index in [9.17, 15) is 5.11 Å². The molecule has 0 aromatic carbocycles. The Morgan fingerprint density at radius 1 is 1.12 bits per heavy atom. The molecule has 0 bridgehead atoms. The van der Waals surface area contributed by atoms with E-state index < -0.39 is 0 Å². The molecular formula is C14H27NO. The number of likely N-dealkylation sites (tertiary alicyclic amines) is 1. The molecule has 1 N–H and O–H groups in total. The van der Waals surface area contributed by atoms with Crippen LogP contribution in [0.5, 0.6) is 0 Å². The fraction of sp³-hybridized carbons (Fsp3) is 1.00. The smallest absolute Gasteiger partial charge is 0.0776 e. The zero-order chi connectivity index (χ0) is 11.6. The molecule has 2 atom stereocenters. The van der Waals surface area contributed by atoms with Gasteiger partial charge in [-0.3, -0.25) is 0 Å². The summed E-state index contributed by atoms with van der Waals surface area (Å²) in [5, 5.41) is 10.6. The average Bonchev–Trinajstić information content (AvgIpc) is 2.21. The highest BCUT2D eigenvalue weighted by Crippen LogP contribution is 2.33. The summed E-state index contributed by atoms with van der Waals surface area (Å²) in [5.74, 6) is 1.60. The van der Waals surface area contributed by atoms with Crippen molar-refractivity contribution in [1.29, 1.82) is 0 Å². The first kappa shape index (κ1) is 12.4. The second-order valence-corrected chi connectivity index (χ2v) is 6.38. The average molecular weight is 225 g/mol. The van der Waals surface area contributed by atoms with Crippen molar-refractivity contribution in [3.05, 3.63) is 0 Å². The molecule has 0 radical (unpaired) electrons. The number of rotatable bonds is 2. The van der Waals surface area contributed by atoms with E-state index in [0.29, 0.717) is 5.92 Å². The summed E-state index contributed by atoms with van der Waals surface area (Å²) in [7, 11) is 0. The second kappa shape index (κ2) is 5.05. The van der Waals surface area contributed by atoms with Gasteiger partial charge in [0.15, 0.2) is 0 Å². The maximum atomic E-state index is 10.6. The Bertz CT molecular complexity index is 223. The first-order valence-electron chi connectivity index (χ1n) is 7.02. The van der Waals surface area contributed by atoms with Gasteiger partial charge in [0, 0.05) is 6.54 Å². The van der Waals surface area contributed by atoms with Crippen LogP contribution in [-0.4, -0.2) is 35.2 Å². The molecule has 2 unspecified atom stereocenters. The third-order valence-electron chi connectivity index (χ3n) is 4.46. The minimum atomic E-state index is -0.377. The van der Waals surface area contributed by atoms with Gasteiger partial charge in [0.25, 0.3) is 0 Å². The zero-order valence-corrected chi connectivity index (χ0v) is 10.9. The number of piperidine rings is 1. The molecule has 1 aliphatic heterocycles. The van der Waals surface area contributed by atoms with Gasteiger partial charge in [0.2, 0.25) is 0 Å². The highest BCUT2D eigenvalue weighted by molar-refractivity contribution is 4.88. The SMILES string of the molecule is CC1CCN(CC2(O)CCCC(C)C2)CC1. The topological polar surface area (TPSA) is 23.5 Å². The minimum absolute atomic E-state index is 0.377. The number of aliphatic hydroxyl groups is 1. The molecule has 0 aromatic rings. The Morgan fingerprint density at radius 3 is 2.44 bits per heavy atom. The van der Waals surface area contributed by atoms with Crippen molar-refractivity contribution in [2.24, 2.45) is 11.8 Å². The molecule has 0 spiro atoms. The van der Waals surface area contributed by atoms with Gasteiger partial charge in [-0.25, -0.2) is 0 Å². The van der Waals surface area contributed by atoms with Crippen molar-refractivity contribution in [1.82, 2.24) is 4.90 Å². The normalized spacial score (nSPS) is 38.8. The second-order valence-electron chi connectivity index (χ2n) is 6.38. The van der Waals surface area contributed by atoms with E-state index in [0.717, 1.165) is 25.3 Å². The van der Waals surface area contributed by atoms with Gasteiger partial charge < -0.3 is 10.0 Å². The zero-order valence-electron chi connectivity index (χ0n) is 10.9. The number of nitrogens with zero attached hydrogens (tertiary/aromatic N) is 1. The van der Waals surface area contributed by atoms with Crippen LogP contribution in [0.1, 0.15) is 52.4 Å². The summed E-state index contributed by atoms with van der Waals surface area (Å²) in [6.07, 6.45) is 7.17. The highest BCUT2D eigenvalue weighted by Gasteiger charge is 2.34. The van der Waals surface area contributed by atoms with Gasteiger partial charge in [-0.15, -0.1) is 0 Å². The maximum Gasteiger partial charge on any atom is 0.0776 e. The molecule has 1 heterocycles. The Morgan fingerprint density at radius 2 is 1.81 bits per heavy atom. The summed E-state index contributed by atoms with van der Waals surface area (Å²) in [6.45, 7) is 7.93. The van der Waals surface area contributed by atoms with E-state index in [2.05, 4.69) is 18.7 Å². The van der Waals surface area contributed by atoms with E-state index in [1.54, 1.807) is 0 Å². The van der Waals surface area contributed by atoms with Crippen LogP contribution in [0.4, 0.5) is 0 Å². The summed E-state index contributed by atoms with van der Waals surface area (Å²) in [5.41, 5.74) is -0.377. The van der Waals surface area contributed by atoms with Crippen molar-refractivity contribution in [2.75, 3.05) is 19.6 Å². The molecule has 2 aliphatic rings. The van der Waals surface area contributed by atoms with E-state index in [4.69, 9.17) is 0 Å². The lowest BCUT2D eigenvalue weighted by molar-refractivity contribution is -0.0450. The van der Waals surface area contributed by atoms with Crippen molar-refractivity contribution < 1.29 is 5.11 Å². The molecule has 1 aliphatic carbocycles. The van der Waals surface area contributed by atoms with Crippen LogP contribution in [0, 0.1) is 11.8 Å². The minimum Gasteiger partial charge on any atom is -0.389 e. The molecule has 2 fully saturated rings. The van der Waals surface area contributed by atoms with E-state index in [1.165, 1.54) is 38.8 Å². The third-order valence-corrected chi connectivity index (χ3v) is 4.46. The Labute approximate surface area is 100 Å². The van der Waals surface area contributed by atoms with Gasteiger partial charge >= 0.3 is 0 Å². The summed E-state index contributed by atoms with van der Waals surface area (Å²) in [4.78, 5) is 2.48. The Kier molecular flexibility index (Phi) is 3.91. The molecule has 0 amide bonds. The monoisotopic (exact) mass is 225 g/mol. The highest BCUT2D eigenvalue weighted by atomic mass is 16.3. The number of hydrogen-bond acceptors (Lipinski definition) is 2. The Balaban J connectivity index is 1.83. The van der Waals surface area contributed by atoms with Crippen LogP contribution in [0.3, 0.4) is 0 Å². The lowest BCUT2D eigenvalue weighted by Crippen LogP contribution is -2.48. The fourth-order valence-corrected chi connectivity index (χ4v) is 3.41. The number of hydrogen-bond donors (Lipinski definition) is 1. The maximum absolute atomic E-state index is 10.6. The van der Waals surface area contributed by atoms with Gasteiger partial charge in [-0.05, 0) is 50.6 Å². The predicted molar refractivity (Wildman–Crippen MR) is 67.4 cm³/mol. The largest absolute Gasteiger partial charge is 0.389 e. The molecule has 94 valence electrons. The molecule has 2 nitrogen and oxygen atoms in total. The van der Waals surface area contributed by atoms with Crippen LogP contribution in [-0.2, 0) is 0 Å². The summed E-state index contributed by atoms with van der Waals surface area (Å²) in [6, 6.07) is 0. The molecule has 0 aromatic heterocycles. The lowest BCUT2D eigenvalue weighted by Gasteiger charge is -2.41. The molecule has 2 heteroatoms. The van der Waals surface area contributed by atoms with E-state index >= 15 is 0 Å². The molecular weight excluding hydrogens is 198 g/mol. The first-order chi connectivity index (χ1) is 7.57. The standard InChI is InChI=1S/C14H27NO/c1-12-5-8-15(9-6-12)11-14(16)7-3-4-13(2)10-14/h12-13,16H,3-11H2,1-2H3. The van der Waals surface area contributed by atoms with Crippen LogP contribution < -0.4 is 0 Å². The van der Waals surface area contributed by atoms with Crippen LogP contribution in [0.25, 0.3) is 0 Å². The van der Waals surface area contributed by atoms with E-state index in [1.807, 2.05) is 0 Å². The van der Waals surface area contributed by atoms with Crippen molar-refractivity contribution in [3.63, 3.8) is 0 Å². The van der Waals surface area contributed by atoms with Crippen molar-refractivity contribution in [3.8, 4) is 0 Å². The quantitative estimate of drug-likeness (QED) is 0.781. The summed E-state index contributed by atoms with van der Waals surface area (Å²) >= 11 is 0. The summed E-state index contributed by atoms with van der Waals surface area (Å²) < 4.78 is 0. The van der Waals surface area contributed by atoms with Gasteiger partial charge in [-0.1, -0.05) is 26.7 Å². The first-order valence-corrected chi connectivity index (χ1v) is 7.02. The molecule has 1 saturated heterocycles. The Hall–Kier alpha value is -0.0800. The lowest BCUT2D eigenvalue weighted by atomic mass is 9.78. The number of β-amino-alcohol motifs (C(OH)–C–C–N with tert-alkyl or cyclic N) is 1. The fourth-order valence-electron chi connectivity index (χ4n) is 3.41. The van der Waals surface area contributed by atoms with Gasteiger partial charge in [0.05, 0.1) is 5.60 Å².